The third-order valence-electron chi connectivity index (χ3n) is 5.67. The number of benzene rings is 2. The maximum Gasteiger partial charge on any atom is 0.269 e. The molecule has 0 saturated heterocycles. The SMILES string of the molecule is COc1ccc(-c2c(C)nn3c2NC(=O)C3CC(=O)Nc2ccc([N+](=O)[O-])cc2C)cc1OC. The minimum Gasteiger partial charge on any atom is -0.493 e. The number of carbonyl (C=O) groups excluding carboxylic acids is 2. The zero-order valence-corrected chi connectivity index (χ0v) is 19.0. The lowest BCUT2D eigenvalue weighted by Crippen LogP contribution is -2.24. The van der Waals surface area contributed by atoms with Gasteiger partial charge in [-0.15, -0.1) is 0 Å². The van der Waals surface area contributed by atoms with Crippen LogP contribution in [0.4, 0.5) is 17.2 Å². The molecule has 0 aliphatic carbocycles. The minimum atomic E-state index is -0.832. The van der Waals surface area contributed by atoms with Crippen LogP contribution in [0.5, 0.6) is 11.5 Å². The van der Waals surface area contributed by atoms with Crippen molar-refractivity contribution in [1.82, 2.24) is 9.78 Å². The molecule has 2 amide bonds. The minimum absolute atomic E-state index is 0.0648. The Morgan fingerprint density at radius 1 is 1.18 bits per heavy atom. The van der Waals surface area contributed by atoms with Gasteiger partial charge in [0.2, 0.25) is 5.91 Å². The van der Waals surface area contributed by atoms with Crippen molar-refractivity contribution in [2.45, 2.75) is 26.3 Å². The van der Waals surface area contributed by atoms with Crippen molar-refractivity contribution in [3.05, 3.63) is 57.8 Å². The molecule has 1 aromatic heterocycles. The normalized spacial score (nSPS) is 14.4. The Morgan fingerprint density at radius 3 is 2.56 bits per heavy atom. The van der Waals surface area contributed by atoms with Crippen LogP contribution >= 0.6 is 0 Å². The lowest BCUT2D eigenvalue weighted by Gasteiger charge is -2.11. The molecule has 11 nitrogen and oxygen atoms in total. The number of non-ortho nitro benzene ring substituents is 1. The molecule has 1 aliphatic heterocycles. The van der Waals surface area contributed by atoms with E-state index in [1.165, 1.54) is 22.9 Å². The second-order valence-electron chi connectivity index (χ2n) is 7.84. The predicted octanol–water partition coefficient (Wildman–Crippen LogP) is 3.61. The van der Waals surface area contributed by atoms with Gasteiger partial charge in [0.1, 0.15) is 11.9 Å². The van der Waals surface area contributed by atoms with E-state index in [1.54, 1.807) is 33.3 Å². The number of ether oxygens (including phenoxy) is 2. The molecule has 1 unspecified atom stereocenters. The number of aromatic nitrogens is 2. The van der Waals surface area contributed by atoms with E-state index in [0.29, 0.717) is 34.3 Å². The van der Waals surface area contributed by atoms with Gasteiger partial charge >= 0.3 is 0 Å². The average Bonchev–Trinajstić information content (AvgIpc) is 3.27. The number of amides is 2. The highest BCUT2D eigenvalue weighted by molar-refractivity contribution is 6.04. The molecule has 2 aromatic carbocycles. The molecule has 0 radical (unpaired) electrons. The third-order valence-corrected chi connectivity index (χ3v) is 5.67. The van der Waals surface area contributed by atoms with Crippen LogP contribution in [0.15, 0.2) is 36.4 Å². The van der Waals surface area contributed by atoms with Gasteiger partial charge in [-0.05, 0) is 43.2 Å². The van der Waals surface area contributed by atoms with E-state index in [0.717, 1.165) is 11.1 Å². The highest BCUT2D eigenvalue weighted by atomic mass is 16.6. The summed E-state index contributed by atoms with van der Waals surface area (Å²) < 4.78 is 12.2. The summed E-state index contributed by atoms with van der Waals surface area (Å²) >= 11 is 0. The van der Waals surface area contributed by atoms with Gasteiger partial charge in [0.25, 0.3) is 11.6 Å². The van der Waals surface area contributed by atoms with Gasteiger partial charge in [-0.1, -0.05) is 6.07 Å². The highest BCUT2D eigenvalue weighted by Gasteiger charge is 2.36. The number of nitrogens with zero attached hydrogens (tertiary/aromatic N) is 3. The van der Waals surface area contributed by atoms with E-state index in [-0.39, 0.29) is 18.0 Å². The quantitative estimate of drug-likeness (QED) is 0.401. The van der Waals surface area contributed by atoms with Crippen molar-refractivity contribution in [2.75, 3.05) is 24.9 Å². The zero-order valence-electron chi connectivity index (χ0n) is 19.0. The van der Waals surface area contributed by atoms with Crippen LogP contribution in [0.2, 0.25) is 0 Å². The Labute approximate surface area is 194 Å². The fraction of sp³-hybridized carbons (Fsp3) is 0.261. The number of hydrogen-bond acceptors (Lipinski definition) is 7. The number of nitrogens with one attached hydrogen (secondary N) is 2. The molecule has 1 atom stereocenters. The maximum absolute atomic E-state index is 12.7. The van der Waals surface area contributed by atoms with Crippen LogP contribution in [0.1, 0.15) is 23.7 Å². The Balaban J connectivity index is 1.58. The second-order valence-corrected chi connectivity index (χ2v) is 7.84. The molecule has 34 heavy (non-hydrogen) atoms. The fourth-order valence-electron chi connectivity index (χ4n) is 4.00. The molecule has 1 aliphatic rings. The lowest BCUT2D eigenvalue weighted by atomic mass is 10.1. The second kappa shape index (κ2) is 8.85. The van der Waals surface area contributed by atoms with E-state index in [1.807, 2.05) is 13.0 Å². The monoisotopic (exact) mass is 465 g/mol. The zero-order chi connectivity index (χ0) is 24.6. The first-order valence-electron chi connectivity index (χ1n) is 10.4. The van der Waals surface area contributed by atoms with Gasteiger partial charge in [-0.25, -0.2) is 4.68 Å². The Hall–Kier alpha value is -4.41. The molecule has 0 bridgehead atoms. The molecular weight excluding hydrogens is 442 g/mol. The van der Waals surface area contributed by atoms with E-state index in [2.05, 4.69) is 15.7 Å². The summed E-state index contributed by atoms with van der Waals surface area (Å²) in [6.07, 6.45) is -0.151. The first-order chi connectivity index (χ1) is 16.2. The van der Waals surface area contributed by atoms with Gasteiger partial charge in [-0.3, -0.25) is 19.7 Å². The topological polar surface area (TPSA) is 138 Å². The molecule has 3 aromatic rings. The number of methoxy groups -OCH3 is 2. The van der Waals surface area contributed by atoms with Crippen LogP contribution in [0.25, 0.3) is 11.1 Å². The summed E-state index contributed by atoms with van der Waals surface area (Å²) in [7, 11) is 3.09. The van der Waals surface area contributed by atoms with E-state index in [4.69, 9.17) is 9.47 Å². The number of rotatable bonds is 7. The summed E-state index contributed by atoms with van der Waals surface area (Å²) in [6, 6.07) is 8.74. The summed E-state index contributed by atoms with van der Waals surface area (Å²) in [6.45, 7) is 3.48. The number of aryl methyl sites for hydroxylation is 2. The summed E-state index contributed by atoms with van der Waals surface area (Å²) in [5.41, 5.74) is 3.11. The largest absolute Gasteiger partial charge is 0.493 e. The standard InChI is InChI=1S/C23H23N5O6/c1-12-9-15(28(31)32)6-7-16(12)24-20(29)11-17-23(30)25-22-21(13(2)26-27(17)22)14-5-8-18(33-3)19(10-14)34-4/h5-10,17H,11H2,1-4H3,(H,24,29)(H,25,30). The summed E-state index contributed by atoms with van der Waals surface area (Å²) in [4.78, 5) is 35.8. The van der Waals surface area contributed by atoms with Crippen LogP contribution in [-0.2, 0) is 9.59 Å². The molecular formula is C23H23N5O6. The van der Waals surface area contributed by atoms with E-state index >= 15 is 0 Å². The molecule has 11 heteroatoms. The molecule has 4 rings (SSSR count). The van der Waals surface area contributed by atoms with Gasteiger partial charge in [0.05, 0.1) is 31.3 Å². The molecule has 2 N–H and O–H groups in total. The summed E-state index contributed by atoms with van der Waals surface area (Å²) in [5, 5.41) is 21.0. The van der Waals surface area contributed by atoms with Crippen LogP contribution in [0.3, 0.4) is 0 Å². The molecule has 0 saturated carbocycles. The first-order valence-corrected chi connectivity index (χ1v) is 10.4. The van der Waals surface area contributed by atoms with E-state index in [9.17, 15) is 19.7 Å². The van der Waals surface area contributed by atoms with Gasteiger partial charge < -0.3 is 20.1 Å². The lowest BCUT2D eigenvalue weighted by molar-refractivity contribution is -0.384. The number of nitro benzene ring substituents is 1. The average molecular weight is 465 g/mol. The van der Waals surface area contributed by atoms with Crippen molar-refractivity contribution in [1.29, 1.82) is 0 Å². The van der Waals surface area contributed by atoms with Crippen LogP contribution < -0.4 is 20.1 Å². The van der Waals surface area contributed by atoms with Crippen LogP contribution in [-0.4, -0.2) is 40.7 Å². The van der Waals surface area contributed by atoms with Crippen molar-refractivity contribution >= 4 is 29.0 Å². The van der Waals surface area contributed by atoms with Crippen molar-refractivity contribution in [3.8, 4) is 22.6 Å². The Morgan fingerprint density at radius 2 is 1.91 bits per heavy atom. The van der Waals surface area contributed by atoms with Gasteiger partial charge in [0.15, 0.2) is 11.5 Å². The number of fused-ring (bicyclic) bond motifs is 1. The van der Waals surface area contributed by atoms with E-state index < -0.39 is 16.9 Å². The van der Waals surface area contributed by atoms with Gasteiger partial charge in [0, 0.05) is 23.4 Å². The Kier molecular flexibility index (Phi) is 5.93. The summed E-state index contributed by atoms with van der Waals surface area (Å²) in [5.74, 6) is 0.857. The third kappa shape index (κ3) is 4.03. The molecule has 0 spiro atoms. The van der Waals surface area contributed by atoms with Crippen molar-refractivity contribution in [2.24, 2.45) is 0 Å². The first kappa shape index (κ1) is 22.8. The van der Waals surface area contributed by atoms with Gasteiger partial charge in [-0.2, -0.15) is 5.10 Å². The number of anilines is 2. The number of nitro groups is 1. The molecule has 176 valence electrons. The van der Waals surface area contributed by atoms with Crippen LogP contribution in [0, 0.1) is 24.0 Å². The molecule has 2 heterocycles. The maximum atomic E-state index is 12.7. The molecule has 0 fully saturated rings. The predicted molar refractivity (Wildman–Crippen MR) is 124 cm³/mol. The number of hydrogen-bond donors (Lipinski definition) is 2. The smallest absolute Gasteiger partial charge is 0.269 e. The Bertz CT molecular complexity index is 1320. The van der Waals surface area contributed by atoms with Crippen molar-refractivity contribution < 1.29 is 24.0 Å². The van der Waals surface area contributed by atoms with Crippen molar-refractivity contribution in [3.63, 3.8) is 0 Å². The number of carbonyl (C=O) groups is 2. The fourth-order valence-corrected chi connectivity index (χ4v) is 4.00. The highest BCUT2D eigenvalue weighted by Crippen LogP contribution is 2.41.